The van der Waals surface area contributed by atoms with Gasteiger partial charge in [-0.15, -0.1) is 0 Å². The predicted molar refractivity (Wildman–Crippen MR) is 47.4 cm³/mol. The van der Waals surface area contributed by atoms with Crippen LogP contribution in [0.3, 0.4) is 0 Å². The van der Waals surface area contributed by atoms with Crippen molar-refractivity contribution < 1.29 is 5.11 Å². The van der Waals surface area contributed by atoms with Gasteiger partial charge in [-0.2, -0.15) is 0 Å². The molecule has 1 heteroatoms. The average Bonchev–Trinajstić information content (AvgIpc) is 2.03. The maximum Gasteiger partial charge on any atom is 0.0692 e. The monoisotopic (exact) mass is 154 g/mol. The van der Waals surface area contributed by atoms with Crippen LogP contribution in [-0.4, -0.2) is 11.2 Å². The second kappa shape index (κ2) is 4.55. The summed E-state index contributed by atoms with van der Waals surface area (Å²) in [4.78, 5) is 0. The predicted octanol–water partition coefficient (Wildman–Crippen LogP) is 2.50. The molecule has 1 nitrogen and oxygen atoms in total. The first-order chi connectivity index (χ1) is 5.29. The standard InChI is InChI=1S/C10H18O/c1-9(11)7-8-10-5-3-2-4-6-10/h7-11H,2-6H2,1H3/t9-/m0/s1. The molecule has 1 N–H and O–H groups in total. The minimum atomic E-state index is -0.267. The molecular weight excluding hydrogens is 136 g/mol. The first kappa shape index (κ1) is 8.79. The van der Waals surface area contributed by atoms with Crippen LogP contribution in [0.1, 0.15) is 39.0 Å². The maximum atomic E-state index is 9.00. The Kier molecular flexibility index (Phi) is 3.64. The Morgan fingerprint density at radius 2 is 1.91 bits per heavy atom. The number of rotatable bonds is 2. The van der Waals surface area contributed by atoms with E-state index >= 15 is 0 Å². The normalized spacial score (nSPS) is 24.2. The molecule has 1 rings (SSSR count). The molecule has 0 amide bonds. The van der Waals surface area contributed by atoms with Crippen molar-refractivity contribution >= 4 is 0 Å². The molecule has 0 spiro atoms. The molecule has 0 radical (unpaired) electrons. The number of aliphatic hydroxyl groups is 1. The Morgan fingerprint density at radius 3 is 2.45 bits per heavy atom. The minimum Gasteiger partial charge on any atom is -0.389 e. The van der Waals surface area contributed by atoms with E-state index in [4.69, 9.17) is 5.11 Å². The average molecular weight is 154 g/mol. The fourth-order valence-electron chi connectivity index (χ4n) is 1.64. The van der Waals surface area contributed by atoms with Crippen molar-refractivity contribution in [3.63, 3.8) is 0 Å². The maximum absolute atomic E-state index is 9.00. The van der Waals surface area contributed by atoms with Crippen molar-refractivity contribution in [3.8, 4) is 0 Å². The van der Waals surface area contributed by atoms with Crippen molar-refractivity contribution in [1.29, 1.82) is 0 Å². The summed E-state index contributed by atoms with van der Waals surface area (Å²) < 4.78 is 0. The smallest absolute Gasteiger partial charge is 0.0692 e. The van der Waals surface area contributed by atoms with Gasteiger partial charge in [0, 0.05) is 0 Å². The molecule has 11 heavy (non-hydrogen) atoms. The van der Waals surface area contributed by atoms with Crippen LogP contribution in [0, 0.1) is 5.92 Å². The zero-order valence-corrected chi connectivity index (χ0v) is 7.29. The molecule has 0 aliphatic heterocycles. The summed E-state index contributed by atoms with van der Waals surface area (Å²) >= 11 is 0. The van der Waals surface area contributed by atoms with Crippen molar-refractivity contribution in [2.24, 2.45) is 5.92 Å². The van der Waals surface area contributed by atoms with Crippen molar-refractivity contribution in [2.75, 3.05) is 0 Å². The lowest BCUT2D eigenvalue weighted by Crippen LogP contribution is -2.04. The third-order valence-corrected chi connectivity index (χ3v) is 2.31. The molecule has 1 fully saturated rings. The second-order valence-electron chi connectivity index (χ2n) is 3.52. The Labute approximate surface area is 69.1 Å². The van der Waals surface area contributed by atoms with Crippen molar-refractivity contribution in [1.82, 2.24) is 0 Å². The molecule has 64 valence electrons. The summed E-state index contributed by atoms with van der Waals surface area (Å²) in [6.07, 6.45) is 10.6. The molecule has 1 aliphatic rings. The summed E-state index contributed by atoms with van der Waals surface area (Å²) in [5, 5.41) is 9.00. The zero-order valence-electron chi connectivity index (χ0n) is 7.29. The third-order valence-electron chi connectivity index (χ3n) is 2.31. The summed E-state index contributed by atoms with van der Waals surface area (Å²) in [5.74, 6) is 0.748. The van der Waals surface area contributed by atoms with Gasteiger partial charge in [0.15, 0.2) is 0 Å². The van der Waals surface area contributed by atoms with E-state index in [0.717, 1.165) is 5.92 Å². The SMILES string of the molecule is C[C@H](O)C=CC1CCCCC1. The Balaban J connectivity index is 2.23. The van der Waals surface area contributed by atoms with Crippen LogP contribution in [0.15, 0.2) is 12.2 Å². The molecule has 0 unspecified atom stereocenters. The molecule has 0 aromatic carbocycles. The highest BCUT2D eigenvalue weighted by Crippen LogP contribution is 2.24. The largest absolute Gasteiger partial charge is 0.389 e. The van der Waals surface area contributed by atoms with Crippen LogP contribution in [0.25, 0.3) is 0 Å². The van der Waals surface area contributed by atoms with Crippen molar-refractivity contribution in [3.05, 3.63) is 12.2 Å². The van der Waals surface area contributed by atoms with Gasteiger partial charge < -0.3 is 5.11 Å². The summed E-state index contributed by atoms with van der Waals surface area (Å²) in [7, 11) is 0. The quantitative estimate of drug-likeness (QED) is 0.606. The van der Waals surface area contributed by atoms with E-state index in [1.807, 2.05) is 6.08 Å². The lowest BCUT2D eigenvalue weighted by Gasteiger charge is -2.17. The van der Waals surface area contributed by atoms with E-state index in [9.17, 15) is 0 Å². The lowest BCUT2D eigenvalue weighted by molar-refractivity contribution is 0.242. The highest BCUT2D eigenvalue weighted by atomic mass is 16.3. The van der Waals surface area contributed by atoms with Gasteiger partial charge in [-0.05, 0) is 25.7 Å². The number of aliphatic hydroxyl groups excluding tert-OH is 1. The number of hydrogen-bond acceptors (Lipinski definition) is 1. The van der Waals surface area contributed by atoms with Gasteiger partial charge in [-0.3, -0.25) is 0 Å². The second-order valence-corrected chi connectivity index (χ2v) is 3.52. The van der Waals surface area contributed by atoms with E-state index in [1.165, 1.54) is 32.1 Å². The molecule has 1 atom stereocenters. The van der Waals surface area contributed by atoms with E-state index in [0.29, 0.717) is 0 Å². The lowest BCUT2D eigenvalue weighted by atomic mass is 9.89. The fraction of sp³-hybridized carbons (Fsp3) is 0.800. The molecule has 0 aromatic rings. The van der Waals surface area contributed by atoms with E-state index < -0.39 is 0 Å². The van der Waals surface area contributed by atoms with Gasteiger partial charge in [0.1, 0.15) is 0 Å². The molecular formula is C10H18O. The minimum absolute atomic E-state index is 0.267. The number of allylic oxidation sites excluding steroid dienone is 1. The van der Waals surface area contributed by atoms with Gasteiger partial charge in [0.05, 0.1) is 6.10 Å². The number of hydrogen-bond donors (Lipinski definition) is 1. The summed E-state index contributed by atoms with van der Waals surface area (Å²) in [5.41, 5.74) is 0. The fourth-order valence-corrected chi connectivity index (χ4v) is 1.64. The van der Waals surface area contributed by atoms with Crippen molar-refractivity contribution in [2.45, 2.75) is 45.1 Å². The van der Waals surface area contributed by atoms with Gasteiger partial charge in [0.2, 0.25) is 0 Å². The van der Waals surface area contributed by atoms with Gasteiger partial charge in [-0.25, -0.2) is 0 Å². The molecule has 1 saturated carbocycles. The van der Waals surface area contributed by atoms with E-state index in [2.05, 4.69) is 6.08 Å². The molecule has 0 heterocycles. The van der Waals surface area contributed by atoms with E-state index in [-0.39, 0.29) is 6.10 Å². The Hall–Kier alpha value is -0.300. The van der Waals surface area contributed by atoms with Crippen LogP contribution in [0.4, 0.5) is 0 Å². The Morgan fingerprint density at radius 1 is 1.27 bits per heavy atom. The molecule has 0 aromatic heterocycles. The van der Waals surface area contributed by atoms with E-state index in [1.54, 1.807) is 6.92 Å². The summed E-state index contributed by atoms with van der Waals surface area (Å²) in [6.45, 7) is 1.80. The van der Waals surface area contributed by atoms with Gasteiger partial charge >= 0.3 is 0 Å². The van der Waals surface area contributed by atoms with Gasteiger partial charge in [0.25, 0.3) is 0 Å². The third kappa shape index (κ3) is 3.57. The first-order valence-electron chi connectivity index (χ1n) is 4.65. The molecule has 0 bridgehead atoms. The van der Waals surface area contributed by atoms with Crippen LogP contribution in [0.5, 0.6) is 0 Å². The highest BCUT2D eigenvalue weighted by molar-refractivity contribution is 4.92. The zero-order chi connectivity index (χ0) is 8.10. The van der Waals surface area contributed by atoms with Gasteiger partial charge in [-0.1, -0.05) is 31.4 Å². The van der Waals surface area contributed by atoms with Crippen LogP contribution < -0.4 is 0 Å². The Bertz CT molecular complexity index is 121. The topological polar surface area (TPSA) is 20.2 Å². The highest BCUT2D eigenvalue weighted by Gasteiger charge is 2.09. The van der Waals surface area contributed by atoms with Crippen LogP contribution >= 0.6 is 0 Å². The van der Waals surface area contributed by atoms with Crippen LogP contribution in [0.2, 0.25) is 0 Å². The first-order valence-corrected chi connectivity index (χ1v) is 4.65. The molecule has 0 saturated heterocycles. The van der Waals surface area contributed by atoms with Crippen LogP contribution in [-0.2, 0) is 0 Å². The summed E-state index contributed by atoms with van der Waals surface area (Å²) in [6, 6.07) is 0. The molecule has 1 aliphatic carbocycles.